The average Bonchev–Trinajstić information content (AvgIpc) is 2.82. The van der Waals surface area contributed by atoms with E-state index in [4.69, 9.17) is 4.74 Å². The van der Waals surface area contributed by atoms with E-state index in [1.54, 1.807) is 13.2 Å². The van der Waals surface area contributed by atoms with Crippen LogP contribution in [-0.4, -0.2) is 24.2 Å². The van der Waals surface area contributed by atoms with Crippen LogP contribution in [0.2, 0.25) is 0 Å². The van der Waals surface area contributed by atoms with Crippen LogP contribution in [0.4, 0.5) is 0 Å². The molecule has 0 radical (unpaired) electrons. The lowest BCUT2D eigenvalue weighted by Gasteiger charge is -2.09. The maximum Gasteiger partial charge on any atom is 0.220 e. The summed E-state index contributed by atoms with van der Waals surface area (Å²) < 4.78 is 5.07. The normalized spacial score (nSPS) is 20.7. The van der Waals surface area contributed by atoms with E-state index in [1.165, 1.54) is 0 Å². The molecule has 2 atom stereocenters. The van der Waals surface area contributed by atoms with Crippen LogP contribution in [0.15, 0.2) is 36.4 Å². The molecule has 1 amide bonds. The first-order valence-electron chi connectivity index (χ1n) is 6.42. The summed E-state index contributed by atoms with van der Waals surface area (Å²) in [5.41, 5.74) is 1.86. The number of carbonyl (C=O) groups excluding carboxylic acids is 1. The lowest BCUT2D eigenvalue weighted by molar-refractivity contribution is -0.119. The predicted molar refractivity (Wildman–Crippen MR) is 72.4 cm³/mol. The monoisotopic (exact) mass is 261 g/mol. The first kappa shape index (κ1) is 13.8. The standard InChI is InChI=1S/C15H19NO3/c1-19-10-11-3-2-4-12(9-11)14(17)7-5-13-6-8-15(18)16-13/h2-5,7,9,13-14,17H,6,8,10H2,1H3,(H,16,18)/b7-5+/t13-,14?/m0/s1. The summed E-state index contributed by atoms with van der Waals surface area (Å²) in [4.78, 5) is 11.1. The molecule has 0 aromatic heterocycles. The predicted octanol–water partition coefficient (Wildman–Crippen LogP) is 1.70. The van der Waals surface area contributed by atoms with Crippen LogP contribution in [-0.2, 0) is 16.1 Å². The van der Waals surface area contributed by atoms with Crippen LogP contribution in [0.1, 0.15) is 30.1 Å². The summed E-state index contributed by atoms with van der Waals surface area (Å²) in [6.07, 6.45) is 4.29. The SMILES string of the molecule is COCc1cccc(C(O)/C=C/[C@H]2CCC(=O)N2)c1. The van der Waals surface area contributed by atoms with Crippen LogP contribution in [0.25, 0.3) is 0 Å². The van der Waals surface area contributed by atoms with Crippen molar-refractivity contribution in [3.8, 4) is 0 Å². The molecule has 0 saturated carbocycles. The molecule has 1 saturated heterocycles. The summed E-state index contributed by atoms with van der Waals surface area (Å²) in [7, 11) is 1.64. The van der Waals surface area contributed by atoms with Crippen molar-refractivity contribution in [2.75, 3.05) is 7.11 Å². The molecule has 1 aromatic carbocycles. The van der Waals surface area contributed by atoms with Crippen LogP contribution in [0, 0.1) is 0 Å². The van der Waals surface area contributed by atoms with E-state index >= 15 is 0 Å². The highest BCUT2D eigenvalue weighted by Gasteiger charge is 2.18. The molecule has 1 unspecified atom stereocenters. The van der Waals surface area contributed by atoms with Gasteiger partial charge in [0.25, 0.3) is 0 Å². The van der Waals surface area contributed by atoms with Crippen molar-refractivity contribution in [3.63, 3.8) is 0 Å². The van der Waals surface area contributed by atoms with Crippen LogP contribution in [0.3, 0.4) is 0 Å². The van der Waals surface area contributed by atoms with Gasteiger partial charge < -0.3 is 15.2 Å². The zero-order chi connectivity index (χ0) is 13.7. The number of amides is 1. The second kappa shape index (κ2) is 6.50. The highest BCUT2D eigenvalue weighted by Crippen LogP contribution is 2.18. The first-order valence-corrected chi connectivity index (χ1v) is 6.42. The molecule has 19 heavy (non-hydrogen) atoms. The number of hydrogen-bond donors (Lipinski definition) is 2. The number of nitrogens with one attached hydrogen (secondary N) is 1. The van der Waals surface area contributed by atoms with Gasteiger partial charge in [-0.3, -0.25) is 4.79 Å². The molecular weight excluding hydrogens is 242 g/mol. The van der Waals surface area contributed by atoms with Crippen molar-refractivity contribution in [1.29, 1.82) is 0 Å². The van der Waals surface area contributed by atoms with E-state index in [0.29, 0.717) is 13.0 Å². The van der Waals surface area contributed by atoms with Crippen molar-refractivity contribution in [3.05, 3.63) is 47.5 Å². The lowest BCUT2D eigenvalue weighted by atomic mass is 10.0. The Morgan fingerprint density at radius 2 is 2.42 bits per heavy atom. The highest BCUT2D eigenvalue weighted by molar-refractivity contribution is 5.78. The molecule has 0 aliphatic carbocycles. The maximum atomic E-state index is 11.1. The molecule has 1 heterocycles. The van der Waals surface area contributed by atoms with Crippen LogP contribution >= 0.6 is 0 Å². The molecule has 2 rings (SSSR count). The van der Waals surface area contributed by atoms with Gasteiger partial charge in [-0.1, -0.05) is 36.4 Å². The molecule has 102 valence electrons. The van der Waals surface area contributed by atoms with E-state index in [2.05, 4.69) is 5.32 Å². The molecule has 1 aliphatic rings. The van der Waals surface area contributed by atoms with Gasteiger partial charge in [0.2, 0.25) is 5.91 Å². The minimum atomic E-state index is -0.658. The number of benzene rings is 1. The minimum Gasteiger partial charge on any atom is -0.384 e. The number of ether oxygens (including phenoxy) is 1. The van der Waals surface area contributed by atoms with E-state index in [9.17, 15) is 9.90 Å². The van der Waals surface area contributed by atoms with Gasteiger partial charge >= 0.3 is 0 Å². The smallest absolute Gasteiger partial charge is 0.220 e. The van der Waals surface area contributed by atoms with Gasteiger partial charge in [-0.2, -0.15) is 0 Å². The molecule has 0 spiro atoms. The Bertz CT molecular complexity index is 470. The van der Waals surface area contributed by atoms with Crippen molar-refractivity contribution in [2.24, 2.45) is 0 Å². The van der Waals surface area contributed by atoms with E-state index in [0.717, 1.165) is 17.5 Å². The third-order valence-corrected chi connectivity index (χ3v) is 3.16. The Morgan fingerprint density at radius 1 is 1.58 bits per heavy atom. The van der Waals surface area contributed by atoms with Crippen LogP contribution < -0.4 is 5.32 Å². The second-order valence-corrected chi connectivity index (χ2v) is 4.72. The van der Waals surface area contributed by atoms with Gasteiger partial charge in [0.05, 0.1) is 12.7 Å². The Kier molecular flexibility index (Phi) is 4.71. The first-order chi connectivity index (χ1) is 9.19. The zero-order valence-corrected chi connectivity index (χ0v) is 11.0. The maximum absolute atomic E-state index is 11.1. The summed E-state index contributed by atoms with van der Waals surface area (Å²) >= 11 is 0. The highest BCUT2D eigenvalue weighted by atomic mass is 16.5. The molecular formula is C15H19NO3. The molecule has 2 N–H and O–H groups in total. The fourth-order valence-electron chi connectivity index (χ4n) is 2.17. The van der Waals surface area contributed by atoms with Gasteiger partial charge in [0.1, 0.15) is 0 Å². The van der Waals surface area contributed by atoms with Crippen LogP contribution in [0.5, 0.6) is 0 Å². The Morgan fingerprint density at radius 3 is 3.11 bits per heavy atom. The van der Waals surface area contributed by atoms with E-state index in [1.807, 2.05) is 30.3 Å². The fraction of sp³-hybridized carbons (Fsp3) is 0.400. The molecule has 4 nitrogen and oxygen atoms in total. The molecule has 1 aliphatic heterocycles. The van der Waals surface area contributed by atoms with Gasteiger partial charge in [0.15, 0.2) is 0 Å². The van der Waals surface area contributed by atoms with Crippen molar-refractivity contribution in [1.82, 2.24) is 5.32 Å². The number of aliphatic hydroxyl groups excluding tert-OH is 1. The molecule has 1 fully saturated rings. The zero-order valence-electron chi connectivity index (χ0n) is 11.0. The summed E-state index contributed by atoms with van der Waals surface area (Å²) in [6, 6.07) is 7.70. The Balaban J connectivity index is 1.98. The summed E-state index contributed by atoms with van der Waals surface area (Å²) in [5.74, 6) is 0.0752. The molecule has 0 bridgehead atoms. The van der Waals surface area contributed by atoms with Crippen molar-refractivity contribution >= 4 is 5.91 Å². The number of carbonyl (C=O) groups is 1. The largest absolute Gasteiger partial charge is 0.384 e. The number of methoxy groups -OCH3 is 1. The van der Waals surface area contributed by atoms with E-state index in [-0.39, 0.29) is 11.9 Å². The average molecular weight is 261 g/mol. The third kappa shape index (κ3) is 3.91. The van der Waals surface area contributed by atoms with Gasteiger partial charge in [-0.25, -0.2) is 0 Å². The lowest BCUT2D eigenvalue weighted by Crippen LogP contribution is -2.23. The Hall–Kier alpha value is -1.65. The van der Waals surface area contributed by atoms with Gasteiger partial charge in [-0.05, 0) is 17.5 Å². The van der Waals surface area contributed by atoms with Crippen molar-refractivity contribution in [2.45, 2.75) is 31.6 Å². The number of hydrogen-bond acceptors (Lipinski definition) is 3. The second-order valence-electron chi connectivity index (χ2n) is 4.72. The summed E-state index contributed by atoms with van der Waals surface area (Å²) in [6.45, 7) is 0.531. The van der Waals surface area contributed by atoms with E-state index < -0.39 is 6.10 Å². The van der Waals surface area contributed by atoms with Crippen molar-refractivity contribution < 1.29 is 14.6 Å². The third-order valence-electron chi connectivity index (χ3n) is 3.16. The molecule has 1 aromatic rings. The number of aliphatic hydroxyl groups is 1. The topological polar surface area (TPSA) is 58.6 Å². The Labute approximate surface area is 113 Å². The minimum absolute atomic E-state index is 0.0457. The summed E-state index contributed by atoms with van der Waals surface area (Å²) in [5, 5.41) is 12.9. The number of rotatable bonds is 5. The fourth-order valence-corrected chi connectivity index (χ4v) is 2.17. The quantitative estimate of drug-likeness (QED) is 0.793. The molecule has 4 heteroatoms. The van der Waals surface area contributed by atoms with Gasteiger partial charge in [-0.15, -0.1) is 0 Å². The van der Waals surface area contributed by atoms with Gasteiger partial charge in [0, 0.05) is 19.6 Å².